The molecule has 1 heteroatoms. The second-order valence-corrected chi connectivity index (χ2v) is 8.40. The molecule has 2 rings (SSSR count). The Morgan fingerprint density at radius 1 is 0.826 bits per heavy atom. The first-order chi connectivity index (χ1) is 11.3. The zero-order valence-corrected chi connectivity index (χ0v) is 15.4. The number of hydrogen-bond acceptors (Lipinski definition) is 0. The molecule has 0 unspecified atom stereocenters. The van der Waals surface area contributed by atoms with Gasteiger partial charge in [-0.15, -0.1) is 0 Å². The minimum atomic E-state index is -0.281. The fraction of sp³-hybridized carbons (Fsp3) is 0.364. The Balaban J connectivity index is 2.04. The largest absolute Gasteiger partial charge is 0.0807 e. The van der Waals surface area contributed by atoms with E-state index in [-0.39, 0.29) is 7.92 Å². The van der Waals surface area contributed by atoms with Crippen LogP contribution in [0.25, 0.3) is 0 Å². The Hall–Kier alpha value is -1.39. The first-order valence-corrected chi connectivity index (χ1v) is 10.4. The molecular formula is C22H29P. The van der Waals surface area contributed by atoms with E-state index in [9.17, 15) is 0 Å². The van der Waals surface area contributed by atoms with E-state index in [1.807, 2.05) is 0 Å². The summed E-state index contributed by atoms with van der Waals surface area (Å²) in [5.74, 6) is 0. The summed E-state index contributed by atoms with van der Waals surface area (Å²) < 4.78 is 0. The number of unbranched alkanes of at least 4 members (excludes halogenated alkanes) is 3. The molecule has 0 nitrogen and oxygen atoms in total. The molecule has 0 atom stereocenters. The molecule has 0 N–H and O–H groups in total. The molecule has 0 saturated heterocycles. The van der Waals surface area contributed by atoms with Crippen molar-refractivity contribution in [2.24, 2.45) is 0 Å². The second-order valence-electron chi connectivity index (χ2n) is 6.14. The van der Waals surface area contributed by atoms with Gasteiger partial charge in [0.05, 0.1) is 0 Å². The first kappa shape index (κ1) is 18.0. The quantitative estimate of drug-likeness (QED) is 0.300. The molecule has 0 aliphatic rings. The molecule has 0 saturated carbocycles. The van der Waals surface area contributed by atoms with Crippen LogP contribution in [0, 0.1) is 0 Å². The molecule has 0 fully saturated rings. The van der Waals surface area contributed by atoms with Crippen molar-refractivity contribution in [1.29, 1.82) is 0 Å². The lowest BCUT2D eigenvalue weighted by molar-refractivity contribution is 0.664. The van der Waals surface area contributed by atoms with Crippen LogP contribution in [0.4, 0.5) is 0 Å². The molecule has 0 aliphatic carbocycles. The Kier molecular flexibility index (Phi) is 8.12. The number of allylic oxidation sites excluding steroid dienone is 2. The van der Waals surface area contributed by atoms with Gasteiger partial charge < -0.3 is 0 Å². The van der Waals surface area contributed by atoms with Crippen molar-refractivity contribution in [3.63, 3.8) is 0 Å². The van der Waals surface area contributed by atoms with Crippen molar-refractivity contribution < 1.29 is 0 Å². The van der Waals surface area contributed by atoms with Crippen LogP contribution in [0.2, 0.25) is 0 Å². The minimum Gasteiger partial charge on any atom is -0.0807 e. The van der Waals surface area contributed by atoms with Gasteiger partial charge in [0.2, 0.25) is 0 Å². The van der Waals surface area contributed by atoms with Gasteiger partial charge in [-0.2, -0.15) is 0 Å². The van der Waals surface area contributed by atoms with E-state index < -0.39 is 0 Å². The van der Waals surface area contributed by atoms with Crippen LogP contribution < -0.4 is 10.6 Å². The molecule has 0 radical (unpaired) electrons. The summed E-state index contributed by atoms with van der Waals surface area (Å²) in [5.41, 5.74) is 1.56. The molecule has 23 heavy (non-hydrogen) atoms. The lowest BCUT2D eigenvalue weighted by Crippen LogP contribution is -2.13. The highest BCUT2D eigenvalue weighted by atomic mass is 31.1. The number of hydrogen-bond donors (Lipinski definition) is 0. The van der Waals surface area contributed by atoms with Gasteiger partial charge in [0, 0.05) is 0 Å². The van der Waals surface area contributed by atoms with Crippen molar-refractivity contribution in [2.45, 2.75) is 46.0 Å². The van der Waals surface area contributed by atoms with Crippen LogP contribution in [-0.4, -0.2) is 6.16 Å². The molecule has 0 amide bonds. The maximum absolute atomic E-state index is 2.48. The monoisotopic (exact) mass is 324 g/mol. The third kappa shape index (κ3) is 6.32. The van der Waals surface area contributed by atoms with Crippen LogP contribution >= 0.6 is 7.92 Å². The summed E-state index contributed by atoms with van der Waals surface area (Å²) in [7, 11) is -0.281. The van der Waals surface area contributed by atoms with Crippen molar-refractivity contribution in [1.82, 2.24) is 0 Å². The van der Waals surface area contributed by atoms with Crippen molar-refractivity contribution in [3.8, 4) is 0 Å². The Morgan fingerprint density at radius 3 is 1.91 bits per heavy atom. The van der Waals surface area contributed by atoms with Gasteiger partial charge in [-0.05, 0) is 44.5 Å². The summed E-state index contributed by atoms with van der Waals surface area (Å²) in [4.78, 5) is 0. The summed E-state index contributed by atoms with van der Waals surface area (Å²) >= 11 is 0. The Bertz CT molecular complexity index is 532. The third-order valence-corrected chi connectivity index (χ3v) is 6.57. The van der Waals surface area contributed by atoms with Crippen molar-refractivity contribution >= 4 is 18.5 Å². The summed E-state index contributed by atoms with van der Waals surface area (Å²) in [6, 6.07) is 22.0. The Labute approximate surface area is 143 Å². The van der Waals surface area contributed by atoms with Crippen LogP contribution in [-0.2, 0) is 0 Å². The number of rotatable bonds is 9. The standard InChI is InChI=1S/C22H29P/c1-3-4-5-8-13-20(2)18-19-23(21-14-9-6-10-15-21)22-16-11-7-12-17-22/h6-7,9-12,14-18H,3-5,8,13,19H2,1-2H3/b20-18+. The van der Waals surface area contributed by atoms with Crippen LogP contribution in [0.1, 0.15) is 46.0 Å². The maximum Gasteiger partial charge on any atom is -0.00616 e. The normalized spacial score (nSPS) is 11.9. The topological polar surface area (TPSA) is 0 Å². The lowest BCUT2D eigenvalue weighted by atomic mass is 10.1. The van der Waals surface area contributed by atoms with E-state index in [0.717, 1.165) is 6.16 Å². The van der Waals surface area contributed by atoms with E-state index >= 15 is 0 Å². The van der Waals surface area contributed by atoms with Gasteiger partial charge in [-0.1, -0.05) is 98.5 Å². The predicted molar refractivity (Wildman–Crippen MR) is 106 cm³/mol. The van der Waals surface area contributed by atoms with Gasteiger partial charge in [0.25, 0.3) is 0 Å². The first-order valence-electron chi connectivity index (χ1n) is 8.84. The molecule has 0 bridgehead atoms. The highest BCUT2D eigenvalue weighted by Crippen LogP contribution is 2.33. The van der Waals surface area contributed by atoms with Crippen LogP contribution in [0.3, 0.4) is 0 Å². The van der Waals surface area contributed by atoms with E-state index in [2.05, 4.69) is 80.6 Å². The van der Waals surface area contributed by atoms with Crippen LogP contribution in [0.5, 0.6) is 0 Å². The van der Waals surface area contributed by atoms with Gasteiger partial charge in [-0.3, -0.25) is 0 Å². The van der Waals surface area contributed by atoms with Gasteiger partial charge in [0.15, 0.2) is 0 Å². The lowest BCUT2D eigenvalue weighted by Gasteiger charge is -2.17. The highest BCUT2D eigenvalue weighted by Gasteiger charge is 2.11. The molecule has 2 aromatic carbocycles. The van der Waals surface area contributed by atoms with Crippen molar-refractivity contribution in [3.05, 3.63) is 72.3 Å². The summed E-state index contributed by atoms with van der Waals surface area (Å²) in [6.07, 6.45) is 10.3. The Morgan fingerprint density at radius 2 is 1.39 bits per heavy atom. The predicted octanol–water partition coefficient (Wildman–Crippen LogP) is 6.04. The summed E-state index contributed by atoms with van der Waals surface area (Å²) in [6.45, 7) is 4.57. The fourth-order valence-corrected chi connectivity index (χ4v) is 5.03. The molecule has 0 spiro atoms. The van der Waals surface area contributed by atoms with Gasteiger partial charge >= 0.3 is 0 Å². The van der Waals surface area contributed by atoms with E-state index in [1.165, 1.54) is 42.7 Å². The smallest absolute Gasteiger partial charge is 0.00616 e. The summed E-state index contributed by atoms with van der Waals surface area (Å²) in [5, 5.41) is 2.95. The van der Waals surface area contributed by atoms with Gasteiger partial charge in [-0.25, -0.2) is 0 Å². The SMILES string of the molecule is CCCCCC/C(C)=C/CP(c1ccccc1)c1ccccc1. The molecule has 0 aliphatic heterocycles. The minimum absolute atomic E-state index is 0.281. The van der Waals surface area contributed by atoms with E-state index in [1.54, 1.807) is 5.57 Å². The fourth-order valence-electron chi connectivity index (χ4n) is 2.76. The zero-order valence-electron chi connectivity index (χ0n) is 14.5. The highest BCUT2D eigenvalue weighted by molar-refractivity contribution is 7.73. The second kappa shape index (κ2) is 10.4. The van der Waals surface area contributed by atoms with E-state index in [0.29, 0.717) is 0 Å². The molecule has 0 heterocycles. The average Bonchev–Trinajstić information content (AvgIpc) is 2.61. The van der Waals surface area contributed by atoms with Crippen molar-refractivity contribution in [2.75, 3.05) is 6.16 Å². The average molecular weight is 324 g/mol. The van der Waals surface area contributed by atoms with E-state index in [4.69, 9.17) is 0 Å². The number of benzene rings is 2. The maximum atomic E-state index is 2.48. The van der Waals surface area contributed by atoms with Crippen LogP contribution in [0.15, 0.2) is 72.3 Å². The molecule has 122 valence electrons. The van der Waals surface area contributed by atoms with Gasteiger partial charge in [0.1, 0.15) is 0 Å². The third-order valence-electron chi connectivity index (χ3n) is 4.18. The molecule has 0 aromatic heterocycles. The zero-order chi connectivity index (χ0) is 16.3. The molecule has 2 aromatic rings. The molecular weight excluding hydrogens is 295 g/mol.